The maximum Gasteiger partial charge on any atom is 0.407 e. The van der Waals surface area contributed by atoms with Crippen LogP contribution in [0.2, 0.25) is 5.15 Å². The van der Waals surface area contributed by atoms with Gasteiger partial charge < -0.3 is 15.3 Å². The molecule has 6 nitrogen and oxygen atoms in total. The minimum Gasteiger partial charge on any atom is -0.465 e. The second-order valence-corrected chi connectivity index (χ2v) is 5.65. The van der Waals surface area contributed by atoms with E-state index < -0.39 is 6.09 Å². The lowest BCUT2D eigenvalue weighted by Crippen LogP contribution is -2.29. The van der Waals surface area contributed by atoms with Gasteiger partial charge in [0.2, 0.25) is 0 Å². The predicted octanol–water partition coefficient (Wildman–Crippen LogP) is 1.93. The van der Waals surface area contributed by atoms with E-state index in [0.717, 1.165) is 18.7 Å². The highest BCUT2D eigenvalue weighted by Gasteiger charge is 2.42. The van der Waals surface area contributed by atoms with Crippen LogP contribution >= 0.6 is 11.6 Å². The van der Waals surface area contributed by atoms with Crippen molar-refractivity contribution in [2.45, 2.75) is 18.9 Å². The van der Waals surface area contributed by atoms with E-state index in [2.05, 4.69) is 15.5 Å². The van der Waals surface area contributed by atoms with E-state index in [1.54, 1.807) is 6.07 Å². The molecule has 19 heavy (non-hydrogen) atoms. The van der Waals surface area contributed by atoms with Crippen LogP contribution in [0.15, 0.2) is 12.1 Å². The molecule has 1 aliphatic heterocycles. The van der Waals surface area contributed by atoms with Gasteiger partial charge in [0.25, 0.3) is 0 Å². The zero-order chi connectivity index (χ0) is 13.4. The molecule has 2 N–H and O–H groups in total. The Morgan fingerprint density at radius 2 is 2.00 bits per heavy atom. The highest BCUT2D eigenvalue weighted by molar-refractivity contribution is 6.29. The molecule has 3 rings (SSSR count). The van der Waals surface area contributed by atoms with Crippen LogP contribution in [0.3, 0.4) is 0 Å². The first-order chi connectivity index (χ1) is 9.11. The molecule has 7 heteroatoms. The lowest BCUT2D eigenvalue weighted by molar-refractivity contribution is 0.152. The number of carboxylic acid groups (broad SMARTS) is 1. The summed E-state index contributed by atoms with van der Waals surface area (Å²) in [6, 6.07) is 3.87. The van der Waals surface area contributed by atoms with Gasteiger partial charge in [0.15, 0.2) is 5.15 Å². The summed E-state index contributed by atoms with van der Waals surface area (Å²) in [5.74, 6) is 1.66. The molecule has 1 saturated heterocycles. The smallest absolute Gasteiger partial charge is 0.407 e. The second kappa shape index (κ2) is 4.85. The van der Waals surface area contributed by atoms with Crippen LogP contribution in [-0.2, 0) is 0 Å². The van der Waals surface area contributed by atoms with Gasteiger partial charge in [-0.1, -0.05) is 11.6 Å². The summed E-state index contributed by atoms with van der Waals surface area (Å²) in [5, 5.41) is 20.5. The summed E-state index contributed by atoms with van der Waals surface area (Å²) in [4.78, 5) is 12.4. The number of carbonyl (C=O) groups is 1. The Kier molecular flexibility index (Phi) is 3.18. The minimum absolute atomic E-state index is 0.349. The second-order valence-electron chi connectivity index (χ2n) is 5.26. The van der Waals surface area contributed by atoms with Crippen molar-refractivity contribution in [1.82, 2.24) is 15.1 Å². The SMILES string of the molecule is O=C(O)N1C[C@H]2C[C@@H](Nc3ccc(Cl)nn3)C[C@H]2C1. The van der Waals surface area contributed by atoms with Crippen LogP contribution < -0.4 is 5.32 Å². The number of halogens is 1. The molecule has 1 saturated carbocycles. The molecule has 1 aliphatic carbocycles. The molecule has 1 aromatic heterocycles. The van der Waals surface area contributed by atoms with Gasteiger partial charge >= 0.3 is 6.09 Å². The van der Waals surface area contributed by atoms with Gasteiger partial charge in [0, 0.05) is 19.1 Å². The third-order valence-electron chi connectivity index (χ3n) is 4.01. The molecule has 0 bridgehead atoms. The fourth-order valence-corrected chi connectivity index (χ4v) is 3.28. The van der Waals surface area contributed by atoms with E-state index in [1.807, 2.05) is 6.07 Å². The third kappa shape index (κ3) is 2.58. The molecule has 1 amide bonds. The molecular weight excluding hydrogens is 268 g/mol. The summed E-state index contributed by atoms with van der Waals surface area (Å²) in [6.45, 7) is 1.31. The van der Waals surface area contributed by atoms with Crippen LogP contribution in [0.5, 0.6) is 0 Å². The van der Waals surface area contributed by atoms with Crippen molar-refractivity contribution in [3.05, 3.63) is 17.3 Å². The van der Waals surface area contributed by atoms with Crippen molar-refractivity contribution in [3.63, 3.8) is 0 Å². The molecule has 2 aliphatic rings. The molecule has 0 aromatic carbocycles. The lowest BCUT2D eigenvalue weighted by Gasteiger charge is -2.17. The third-order valence-corrected chi connectivity index (χ3v) is 4.21. The van der Waals surface area contributed by atoms with Gasteiger partial charge in [-0.25, -0.2) is 4.79 Å². The Morgan fingerprint density at radius 3 is 2.53 bits per heavy atom. The van der Waals surface area contributed by atoms with E-state index in [1.165, 1.54) is 4.90 Å². The summed E-state index contributed by atoms with van der Waals surface area (Å²) >= 11 is 5.69. The summed E-state index contributed by atoms with van der Waals surface area (Å²) in [6.07, 6.45) is 1.17. The van der Waals surface area contributed by atoms with Crippen molar-refractivity contribution in [2.75, 3.05) is 18.4 Å². The quantitative estimate of drug-likeness (QED) is 0.866. The van der Waals surface area contributed by atoms with Gasteiger partial charge in [0.05, 0.1) is 0 Å². The standard InChI is InChI=1S/C12H15ClN4O2/c13-10-1-2-11(16-15-10)14-9-3-7-5-17(12(18)19)6-8(7)4-9/h1-2,7-9H,3-6H2,(H,14,16)(H,18,19)/t7-,8+,9-. The highest BCUT2D eigenvalue weighted by Crippen LogP contribution is 2.39. The van der Waals surface area contributed by atoms with Gasteiger partial charge in [-0.15, -0.1) is 10.2 Å². The predicted molar refractivity (Wildman–Crippen MR) is 70.3 cm³/mol. The number of nitrogens with one attached hydrogen (secondary N) is 1. The van der Waals surface area contributed by atoms with Crippen LogP contribution in [0.4, 0.5) is 10.6 Å². The maximum absolute atomic E-state index is 10.9. The van der Waals surface area contributed by atoms with Gasteiger partial charge in [0.1, 0.15) is 5.82 Å². The zero-order valence-electron chi connectivity index (χ0n) is 10.3. The van der Waals surface area contributed by atoms with Gasteiger partial charge in [-0.2, -0.15) is 0 Å². The highest BCUT2D eigenvalue weighted by atomic mass is 35.5. The van der Waals surface area contributed by atoms with E-state index in [4.69, 9.17) is 16.7 Å². The van der Waals surface area contributed by atoms with Crippen molar-refractivity contribution >= 4 is 23.5 Å². The molecule has 2 heterocycles. The fraction of sp³-hybridized carbons (Fsp3) is 0.583. The molecular formula is C12H15ClN4O2. The van der Waals surface area contributed by atoms with E-state index in [-0.39, 0.29) is 0 Å². The lowest BCUT2D eigenvalue weighted by atomic mass is 10.0. The fourth-order valence-electron chi connectivity index (χ4n) is 3.18. The van der Waals surface area contributed by atoms with Crippen LogP contribution in [-0.4, -0.2) is 45.4 Å². The Morgan fingerprint density at radius 1 is 1.32 bits per heavy atom. The van der Waals surface area contributed by atoms with Gasteiger partial charge in [-0.05, 0) is 36.8 Å². The number of rotatable bonds is 2. The molecule has 0 unspecified atom stereocenters. The normalized spacial score (nSPS) is 29.3. The Bertz CT molecular complexity index is 467. The molecule has 1 aromatic rings. The number of hydrogen-bond acceptors (Lipinski definition) is 4. The first-order valence-corrected chi connectivity index (χ1v) is 6.73. The molecule has 0 spiro atoms. The first-order valence-electron chi connectivity index (χ1n) is 6.35. The van der Waals surface area contributed by atoms with Crippen molar-refractivity contribution in [3.8, 4) is 0 Å². The van der Waals surface area contributed by atoms with Gasteiger partial charge in [-0.3, -0.25) is 0 Å². The molecule has 102 valence electrons. The summed E-state index contributed by atoms with van der Waals surface area (Å²) in [7, 11) is 0. The molecule has 2 fully saturated rings. The van der Waals surface area contributed by atoms with Crippen molar-refractivity contribution in [2.24, 2.45) is 11.8 Å². The van der Waals surface area contributed by atoms with Crippen LogP contribution in [0, 0.1) is 11.8 Å². The number of aromatic nitrogens is 2. The number of hydrogen-bond donors (Lipinski definition) is 2. The molecule has 0 radical (unpaired) electrons. The van der Waals surface area contributed by atoms with Crippen LogP contribution in [0.25, 0.3) is 0 Å². The zero-order valence-corrected chi connectivity index (χ0v) is 11.0. The Balaban J connectivity index is 1.57. The summed E-state index contributed by atoms with van der Waals surface area (Å²) in [5.41, 5.74) is 0. The molecule has 3 atom stereocenters. The Labute approximate surface area is 115 Å². The van der Waals surface area contributed by atoms with E-state index in [0.29, 0.717) is 36.1 Å². The van der Waals surface area contributed by atoms with Crippen molar-refractivity contribution in [1.29, 1.82) is 0 Å². The van der Waals surface area contributed by atoms with Crippen molar-refractivity contribution < 1.29 is 9.90 Å². The average Bonchev–Trinajstić information content (AvgIpc) is 2.90. The van der Waals surface area contributed by atoms with E-state index in [9.17, 15) is 4.79 Å². The number of nitrogens with zero attached hydrogens (tertiary/aromatic N) is 3. The number of amides is 1. The maximum atomic E-state index is 10.9. The number of fused-ring (bicyclic) bond motifs is 1. The average molecular weight is 283 g/mol. The summed E-state index contributed by atoms with van der Waals surface area (Å²) < 4.78 is 0. The number of anilines is 1. The minimum atomic E-state index is -0.803. The topological polar surface area (TPSA) is 78.4 Å². The monoisotopic (exact) mass is 282 g/mol. The van der Waals surface area contributed by atoms with Crippen LogP contribution in [0.1, 0.15) is 12.8 Å². The Hall–Kier alpha value is -1.56. The largest absolute Gasteiger partial charge is 0.465 e. The van der Waals surface area contributed by atoms with E-state index >= 15 is 0 Å². The first kappa shape index (κ1) is 12.5. The number of likely N-dealkylation sites (tertiary alicyclic amines) is 1.